The fraction of sp³-hybridized carbons (Fsp3) is 0.300. The number of carbonyl (C=O) groups is 2. The van der Waals surface area contributed by atoms with Gasteiger partial charge in [-0.2, -0.15) is 0 Å². The summed E-state index contributed by atoms with van der Waals surface area (Å²) in [5, 5.41) is 12.3. The van der Waals surface area contributed by atoms with Gasteiger partial charge in [0.1, 0.15) is 18.8 Å². The van der Waals surface area contributed by atoms with E-state index in [1.165, 1.54) is 0 Å². The van der Waals surface area contributed by atoms with Crippen LogP contribution in [0.1, 0.15) is 24.5 Å². The molecule has 25 heavy (non-hydrogen) atoms. The predicted molar refractivity (Wildman–Crippen MR) is 94.6 cm³/mol. The van der Waals surface area contributed by atoms with E-state index in [4.69, 9.17) is 4.74 Å². The Bertz CT molecular complexity index is 673. The molecule has 0 aliphatic heterocycles. The van der Waals surface area contributed by atoms with Gasteiger partial charge in [0.15, 0.2) is 0 Å². The van der Waals surface area contributed by atoms with E-state index in [0.29, 0.717) is 6.42 Å². The highest BCUT2D eigenvalue weighted by molar-refractivity contribution is 5.87. The third kappa shape index (κ3) is 6.04. The molecule has 0 aromatic heterocycles. The number of hydrogen-bond donors (Lipinski definition) is 2. The molecule has 2 aromatic carbocycles. The number of aliphatic hydroxyl groups excluding tert-OH is 1. The molecule has 2 N–H and O–H groups in total. The van der Waals surface area contributed by atoms with E-state index < -0.39 is 24.0 Å². The fourth-order valence-corrected chi connectivity index (χ4v) is 2.33. The van der Waals surface area contributed by atoms with Gasteiger partial charge in [-0.1, -0.05) is 67.6 Å². The Morgan fingerprint density at radius 2 is 1.56 bits per heavy atom. The molecule has 0 fully saturated rings. The number of carbonyl (C=O) groups excluding carboxylic acids is 2. The highest BCUT2D eigenvalue weighted by atomic mass is 16.5. The van der Waals surface area contributed by atoms with Gasteiger partial charge < -0.3 is 15.2 Å². The molecule has 0 saturated heterocycles. The number of rotatable bonds is 8. The maximum Gasteiger partial charge on any atom is 0.329 e. The lowest BCUT2D eigenvalue weighted by atomic mass is 10.1. The van der Waals surface area contributed by atoms with Crippen LogP contribution in [-0.2, 0) is 27.4 Å². The highest BCUT2D eigenvalue weighted by Gasteiger charge is 2.25. The minimum atomic E-state index is -1.14. The molecule has 0 unspecified atom stereocenters. The Kier molecular flexibility index (Phi) is 7.16. The molecule has 0 aliphatic rings. The van der Waals surface area contributed by atoms with Gasteiger partial charge >= 0.3 is 5.97 Å². The Morgan fingerprint density at radius 3 is 2.12 bits per heavy atom. The second-order valence-corrected chi connectivity index (χ2v) is 5.77. The maximum atomic E-state index is 12.4. The normalized spacial score (nSPS) is 12.9. The van der Waals surface area contributed by atoms with Crippen LogP contribution in [0.25, 0.3) is 0 Å². The first-order chi connectivity index (χ1) is 12.1. The number of nitrogens with one attached hydrogen (secondary N) is 1. The Hall–Kier alpha value is -2.66. The topological polar surface area (TPSA) is 75.6 Å². The van der Waals surface area contributed by atoms with Crippen LogP contribution in [0.4, 0.5) is 0 Å². The maximum absolute atomic E-state index is 12.4. The summed E-state index contributed by atoms with van der Waals surface area (Å²) in [6.07, 6.45) is -0.556. The summed E-state index contributed by atoms with van der Waals surface area (Å²) in [6, 6.07) is 17.8. The monoisotopic (exact) mass is 341 g/mol. The molecule has 2 atom stereocenters. The van der Waals surface area contributed by atoms with Crippen molar-refractivity contribution in [3.63, 3.8) is 0 Å². The molecule has 2 rings (SSSR count). The van der Waals surface area contributed by atoms with Crippen LogP contribution in [0.5, 0.6) is 0 Å². The standard InChI is InChI=1S/C20H23NO4/c1-2-18(22)19(23)21-17(13-15-9-5-3-6-10-15)20(24)25-14-16-11-7-4-8-12-16/h3-12,17-18,22H,2,13-14H2,1H3,(H,21,23)/t17-,18+/m0/s1. The summed E-state index contributed by atoms with van der Waals surface area (Å²) >= 11 is 0. The number of amides is 1. The first-order valence-corrected chi connectivity index (χ1v) is 8.33. The van der Waals surface area contributed by atoms with Crippen LogP contribution in [0, 0.1) is 0 Å². The first kappa shape index (κ1) is 18.7. The summed E-state index contributed by atoms with van der Waals surface area (Å²) in [5.74, 6) is -1.09. The van der Waals surface area contributed by atoms with E-state index in [1.54, 1.807) is 6.92 Å². The molecule has 0 saturated carbocycles. The van der Waals surface area contributed by atoms with Crippen molar-refractivity contribution in [3.8, 4) is 0 Å². The smallest absolute Gasteiger partial charge is 0.329 e. The summed E-state index contributed by atoms with van der Waals surface area (Å²) in [5.41, 5.74) is 1.77. The molecule has 0 heterocycles. The van der Waals surface area contributed by atoms with Crippen molar-refractivity contribution in [3.05, 3.63) is 71.8 Å². The second kappa shape index (κ2) is 9.59. The molecule has 5 heteroatoms. The molecule has 5 nitrogen and oxygen atoms in total. The molecule has 2 aromatic rings. The van der Waals surface area contributed by atoms with Crippen molar-refractivity contribution in [1.29, 1.82) is 0 Å². The van der Waals surface area contributed by atoms with Crippen molar-refractivity contribution in [1.82, 2.24) is 5.32 Å². The second-order valence-electron chi connectivity index (χ2n) is 5.77. The van der Waals surface area contributed by atoms with E-state index in [0.717, 1.165) is 11.1 Å². The van der Waals surface area contributed by atoms with Gasteiger partial charge in [0, 0.05) is 6.42 Å². The zero-order valence-corrected chi connectivity index (χ0v) is 14.2. The number of benzene rings is 2. The summed E-state index contributed by atoms with van der Waals surface area (Å²) in [7, 11) is 0. The van der Waals surface area contributed by atoms with Crippen LogP contribution >= 0.6 is 0 Å². The lowest BCUT2D eigenvalue weighted by molar-refractivity contribution is -0.150. The Morgan fingerprint density at radius 1 is 1.00 bits per heavy atom. The number of esters is 1. The summed E-state index contributed by atoms with van der Waals surface area (Å²) in [4.78, 5) is 24.4. The number of hydrogen-bond acceptors (Lipinski definition) is 4. The third-order valence-corrected chi connectivity index (χ3v) is 3.80. The number of ether oxygens (including phenoxy) is 1. The Balaban J connectivity index is 2.03. The zero-order chi connectivity index (χ0) is 18.1. The van der Waals surface area contributed by atoms with E-state index in [9.17, 15) is 14.7 Å². The molecule has 0 radical (unpaired) electrons. The lowest BCUT2D eigenvalue weighted by Gasteiger charge is -2.19. The largest absolute Gasteiger partial charge is 0.459 e. The van der Waals surface area contributed by atoms with Gasteiger partial charge in [-0.25, -0.2) is 4.79 Å². The SMILES string of the molecule is CC[C@@H](O)C(=O)N[C@@H](Cc1ccccc1)C(=O)OCc1ccccc1. The van der Waals surface area contributed by atoms with Crippen LogP contribution in [-0.4, -0.2) is 29.1 Å². The van der Waals surface area contributed by atoms with Crippen LogP contribution in [0.15, 0.2) is 60.7 Å². The van der Waals surface area contributed by atoms with Crippen molar-refractivity contribution < 1.29 is 19.4 Å². The molecular weight excluding hydrogens is 318 g/mol. The van der Waals surface area contributed by atoms with Crippen LogP contribution in [0.3, 0.4) is 0 Å². The predicted octanol–water partition coefficient (Wildman–Crippen LogP) is 2.23. The molecule has 132 valence electrons. The first-order valence-electron chi connectivity index (χ1n) is 8.33. The summed E-state index contributed by atoms with van der Waals surface area (Å²) < 4.78 is 5.34. The van der Waals surface area contributed by atoms with Gasteiger partial charge in [-0.15, -0.1) is 0 Å². The fourth-order valence-electron chi connectivity index (χ4n) is 2.33. The van der Waals surface area contributed by atoms with Crippen LogP contribution in [0.2, 0.25) is 0 Å². The average Bonchev–Trinajstić information content (AvgIpc) is 2.66. The quantitative estimate of drug-likeness (QED) is 0.722. The van der Waals surface area contributed by atoms with Gasteiger partial charge in [0.25, 0.3) is 0 Å². The van der Waals surface area contributed by atoms with Crippen molar-refractivity contribution in [2.24, 2.45) is 0 Å². The van der Waals surface area contributed by atoms with Crippen molar-refractivity contribution in [2.75, 3.05) is 0 Å². The Labute approximate surface area is 147 Å². The molecule has 0 bridgehead atoms. The van der Waals surface area contributed by atoms with E-state index in [1.807, 2.05) is 60.7 Å². The van der Waals surface area contributed by atoms with E-state index in [2.05, 4.69) is 5.32 Å². The minimum absolute atomic E-state index is 0.136. The van der Waals surface area contributed by atoms with Gasteiger partial charge in [0.2, 0.25) is 5.91 Å². The van der Waals surface area contributed by atoms with E-state index >= 15 is 0 Å². The molecule has 0 spiro atoms. The molecular formula is C20H23NO4. The highest BCUT2D eigenvalue weighted by Crippen LogP contribution is 2.08. The average molecular weight is 341 g/mol. The van der Waals surface area contributed by atoms with Gasteiger partial charge in [0.05, 0.1) is 0 Å². The summed E-state index contributed by atoms with van der Waals surface area (Å²) in [6.45, 7) is 1.83. The van der Waals surface area contributed by atoms with Crippen molar-refractivity contribution >= 4 is 11.9 Å². The van der Waals surface area contributed by atoms with Gasteiger partial charge in [-0.05, 0) is 17.5 Å². The molecule has 0 aliphatic carbocycles. The third-order valence-electron chi connectivity index (χ3n) is 3.80. The van der Waals surface area contributed by atoms with Crippen molar-refractivity contribution in [2.45, 2.75) is 38.5 Å². The minimum Gasteiger partial charge on any atom is -0.459 e. The zero-order valence-electron chi connectivity index (χ0n) is 14.2. The van der Waals surface area contributed by atoms with Gasteiger partial charge in [-0.3, -0.25) is 4.79 Å². The number of aliphatic hydroxyl groups is 1. The lowest BCUT2D eigenvalue weighted by Crippen LogP contribution is -2.47. The molecule has 1 amide bonds. The van der Waals surface area contributed by atoms with E-state index in [-0.39, 0.29) is 13.0 Å². The van der Waals surface area contributed by atoms with Crippen LogP contribution < -0.4 is 5.32 Å².